The molecule has 0 aromatic heterocycles. The van der Waals surface area contributed by atoms with Crippen LogP contribution in [0.4, 0.5) is 11.4 Å². The molecule has 8 nitrogen and oxygen atoms in total. The van der Waals surface area contributed by atoms with Gasteiger partial charge >= 0.3 is 0 Å². The Labute approximate surface area is 270 Å². The van der Waals surface area contributed by atoms with Gasteiger partial charge < -0.3 is 34.9 Å². The van der Waals surface area contributed by atoms with Crippen molar-refractivity contribution in [2.24, 2.45) is 0 Å². The minimum atomic E-state index is -0.178. The zero-order chi connectivity index (χ0) is 31.7. The highest BCUT2D eigenvalue weighted by Gasteiger charge is 2.19. The van der Waals surface area contributed by atoms with Crippen LogP contribution in [-0.2, 0) is 38.3 Å². The summed E-state index contributed by atoms with van der Waals surface area (Å²) in [6.07, 6.45) is 5.96. The molecule has 5 rings (SSSR count). The number of ether oxygens (including phenoxy) is 4. The average Bonchev–Trinajstić information content (AvgIpc) is 3.09. The Morgan fingerprint density at radius 1 is 0.600 bits per heavy atom. The fourth-order valence-corrected chi connectivity index (χ4v) is 5.90. The smallest absolute Gasteiger partial charge is 0.160 e. The molecule has 2 heterocycles. The Kier molecular flexibility index (Phi) is 15.1. The second-order valence-electron chi connectivity index (χ2n) is 12.0. The van der Waals surface area contributed by atoms with Gasteiger partial charge in [-0.05, 0) is 79.7 Å². The maximum atomic E-state index is 5.27. The Balaban J connectivity index is 0.000000215. The normalized spacial score (nSPS) is 16.4. The highest BCUT2D eigenvalue weighted by atomic mass is 16.7. The minimum Gasteiger partial charge on any atom is -0.382 e. The number of likely N-dealkylation sites (tertiary alicyclic amines) is 1. The van der Waals surface area contributed by atoms with E-state index in [0.29, 0.717) is 12.1 Å². The summed E-state index contributed by atoms with van der Waals surface area (Å²) in [5, 5.41) is 10.6. The molecule has 2 aliphatic rings. The Morgan fingerprint density at radius 2 is 1.04 bits per heavy atom. The van der Waals surface area contributed by atoms with E-state index in [1.807, 2.05) is 0 Å². The molecule has 0 radical (unpaired) electrons. The van der Waals surface area contributed by atoms with Gasteiger partial charge in [-0.1, -0.05) is 54.6 Å². The number of piperidine rings is 2. The molecule has 0 aliphatic carbocycles. The van der Waals surface area contributed by atoms with Gasteiger partial charge in [0, 0.05) is 84.4 Å². The number of anilines is 2. The van der Waals surface area contributed by atoms with Crippen LogP contribution in [0.25, 0.3) is 0 Å². The monoisotopic (exact) mass is 618 g/mol. The van der Waals surface area contributed by atoms with Crippen molar-refractivity contribution < 1.29 is 18.9 Å². The fourth-order valence-electron chi connectivity index (χ4n) is 5.90. The number of methoxy groups -OCH3 is 4. The molecule has 3 aromatic rings. The third-order valence-electron chi connectivity index (χ3n) is 8.68. The zero-order valence-corrected chi connectivity index (χ0v) is 27.7. The van der Waals surface area contributed by atoms with Crippen LogP contribution in [0.5, 0.6) is 0 Å². The molecule has 2 fully saturated rings. The van der Waals surface area contributed by atoms with Gasteiger partial charge in [-0.2, -0.15) is 0 Å². The molecule has 45 heavy (non-hydrogen) atoms. The topological polar surface area (TPSA) is 76.3 Å². The van der Waals surface area contributed by atoms with Gasteiger partial charge in [-0.3, -0.25) is 4.90 Å². The average molecular weight is 619 g/mol. The van der Waals surface area contributed by atoms with E-state index in [9.17, 15) is 0 Å². The van der Waals surface area contributed by atoms with Crippen LogP contribution in [0.3, 0.4) is 0 Å². The molecule has 0 bridgehead atoms. The molecular formula is C37H54N4O4. The third-order valence-corrected chi connectivity index (χ3v) is 8.68. The number of nitrogens with zero attached hydrogens (tertiary/aromatic N) is 1. The number of hydrogen-bond acceptors (Lipinski definition) is 8. The van der Waals surface area contributed by atoms with Crippen LogP contribution in [0.15, 0.2) is 78.9 Å². The van der Waals surface area contributed by atoms with Gasteiger partial charge in [0.25, 0.3) is 0 Å². The molecular weight excluding hydrogens is 564 g/mol. The van der Waals surface area contributed by atoms with E-state index in [1.165, 1.54) is 53.7 Å². The Hall–Kier alpha value is -2.98. The van der Waals surface area contributed by atoms with Crippen LogP contribution in [0.2, 0.25) is 0 Å². The fraction of sp³-hybridized carbons (Fsp3) is 0.514. The van der Waals surface area contributed by atoms with Crippen LogP contribution in [0, 0.1) is 0 Å². The molecule has 0 amide bonds. The quantitative estimate of drug-likeness (QED) is 0.192. The first-order chi connectivity index (χ1) is 22.1. The van der Waals surface area contributed by atoms with Gasteiger partial charge in [0.2, 0.25) is 0 Å². The molecule has 2 saturated heterocycles. The lowest BCUT2D eigenvalue weighted by Crippen LogP contribution is -2.38. The lowest BCUT2D eigenvalue weighted by molar-refractivity contribution is -0.100. The molecule has 246 valence electrons. The van der Waals surface area contributed by atoms with Crippen molar-refractivity contribution in [3.8, 4) is 0 Å². The second-order valence-corrected chi connectivity index (χ2v) is 12.0. The molecule has 8 heteroatoms. The number of nitrogens with one attached hydrogen (secondary N) is 3. The van der Waals surface area contributed by atoms with Crippen LogP contribution >= 0.6 is 0 Å². The molecule has 0 atom stereocenters. The van der Waals surface area contributed by atoms with E-state index >= 15 is 0 Å². The first kappa shape index (κ1) is 34.9. The van der Waals surface area contributed by atoms with E-state index in [-0.39, 0.29) is 12.6 Å². The van der Waals surface area contributed by atoms with Crippen molar-refractivity contribution >= 4 is 11.4 Å². The van der Waals surface area contributed by atoms with Crippen molar-refractivity contribution in [3.63, 3.8) is 0 Å². The summed E-state index contributed by atoms with van der Waals surface area (Å²) in [5.41, 5.74) is 6.25. The van der Waals surface area contributed by atoms with E-state index in [2.05, 4.69) is 99.7 Å². The van der Waals surface area contributed by atoms with E-state index in [4.69, 9.17) is 18.9 Å². The predicted molar refractivity (Wildman–Crippen MR) is 184 cm³/mol. The summed E-state index contributed by atoms with van der Waals surface area (Å²) in [5.74, 6) is 0. The molecule has 3 N–H and O–H groups in total. The highest BCUT2D eigenvalue weighted by molar-refractivity contribution is 5.46. The summed E-state index contributed by atoms with van der Waals surface area (Å²) in [6, 6.07) is 29.1. The molecule has 0 saturated carbocycles. The summed E-state index contributed by atoms with van der Waals surface area (Å²) < 4.78 is 21.0. The first-order valence-corrected chi connectivity index (χ1v) is 16.4. The molecule has 2 aliphatic heterocycles. The lowest BCUT2D eigenvalue weighted by Gasteiger charge is -2.33. The van der Waals surface area contributed by atoms with E-state index in [1.54, 1.807) is 28.4 Å². The summed E-state index contributed by atoms with van der Waals surface area (Å²) in [4.78, 5) is 2.55. The molecule has 0 unspecified atom stereocenters. The van der Waals surface area contributed by atoms with Gasteiger partial charge in [0.15, 0.2) is 12.6 Å². The maximum absolute atomic E-state index is 5.27. The van der Waals surface area contributed by atoms with Crippen molar-refractivity contribution in [1.82, 2.24) is 10.2 Å². The summed E-state index contributed by atoms with van der Waals surface area (Å²) >= 11 is 0. The van der Waals surface area contributed by atoms with Gasteiger partial charge in [-0.15, -0.1) is 0 Å². The van der Waals surface area contributed by atoms with E-state index in [0.717, 1.165) is 45.6 Å². The lowest BCUT2D eigenvalue weighted by atomic mass is 10.0. The highest BCUT2D eigenvalue weighted by Crippen LogP contribution is 2.20. The Bertz CT molecular complexity index is 1170. The van der Waals surface area contributed by atoms with Crippen molar-refractivity contribution in [2.45, 2.75) is 69.7 Å². The zero-order valence-electron chi connectivity index (χ0n) is 27.7. The number of hydrogen-bond donors (Lipinski definition) is 3. The SMILES string of the molecule is COC(Cc1ccc(NC2CCN(Cc3ccccc3)CC2)cc1)OC.COC(Cc1ccc(NC2CCNCC2)cc1)OC. The standard InChI is InChI=1S/C22H30N2O2.C15H24N2O2/c1-25-22(26-2)16-18-8-10-20(11-9-18)23-21-12-14-24(15-13-21)17-19-6-4-3-5-7-19;1-18-15(19-2)11-12-3-5-13(6-4-12)17-14-7-9-16-10-8-14/h3-11,21-23H,12-17H2,1-2H3;3-6,14-17H,7-11H2,1-2H3. The summed E-state index contributed by atoms with van der Waals surface area (Å²) in [6.45, 7) is 5.57. The Morgan fingerprint density at radius 3 is 1.49 bits per heavy atom. The van der Waals surface area contributed by atoms with Crippen molar-refractivity contribution in [1.29, 1.82) is 0 Å². The van der Waals surface area contributed by atoms with Crippen LogP contribution < -0.4 is 16.0 Å². The minimum absolute atomic E-state index is 0.164. The van der Waals surface area contributed by atoms with Crippen LogP contribution in [0.1, 0.15) is 42.4 Å². The predicted octanol–water partition coefficient (Wildman–Crippen LogP) is 5.94. The van der Waals surface area contributed by atoms with Crippen LogP contribution in [-0.4, -0.2) is 84.2 Å². The first-order valence-electron chi connectivity index (χ1n) is 16.4. The maximum Gasteiger partial charge on any atom is 0.160 e. The molecule has 3 aromatic carbocycles. The number of rotatable bonds is 14. The van der Waals surface area contributed by atoms with Gasteiger partial charge in [-0.25, -0.2) is 0 Å². The third kappa shape index (κ3) is 12.4. The number of benzene rings is 3. The molecule has 0 spiro atoms. The summed E-state index contributed by atoms with van der Waals surface area (Å²) in [7, 11) is 6.69. The van der Waals surface area contributed by atoms with E-state index < -0.39 is 0 Å². The van der Waals surface area contributed by atoms with Crippen molar-refractivity contribution in [3.05, 3.63) is 95.6 Å². The second kappa shape index (κ2) is 19.5. The largest absolute Gasteiger partial charge is 0.382 e. The van der Waals surface area contributed by atoms with Crippen molar-refractivity contribution in [2.75, 3.05) is 65.3 Å². The van der Waals surface area contributed by atoms with Gasteiger partial charge in [0.1, 0.15) is 0 Å². The van der Waals surface area contributed by atoms with Gasteiger partial charge in [0.05, 0.1) is 0 Å².